The van der Waals surface area contributed by atoms with Gasteiger partial charge in [-0.25, -0.2) is 4.79 Å². The lowest BCUT2D eigenvalue weighted by molar-refractivity contribution is -0.143. The quantitative estimate of drug-likeness (QED) is 0.124. The van der Waals surface area contributed by atoms with Crippen LogP contribution < -0.4 is 21.7 Å². The summed E-state index contributed by atoms with van der Waals surface area (Å²) in [5, 5.41) is 44.0. The van der Waals surface area contributed by atoms with Crippen molar-refractivity contribution in [2.45, 2.75) is 56.5 Å². The Balaban J connectivity index is 3.07. The molecule has 0 heterocycles. The Hall–Kier alpha value is -3.36. The molecule has 9 N–H and O–H groups in total. The van der Waals surface area contributed by atoms with Crippen molar-refractivity contribution >= 4 is 42.3 Å². The van der Waals surface area contributed by atoms with Crippen LogP contribution in [0.5, 0.6) is 5.75 Å². The van der Waals surface area contributed by atoms with Crippen LogP contribution in [0.2, 0.25) is 0 Å². The lowest BCUT2D eigenvalue weighted by Crippen LogP contribution is -2.59. The fraction of sp³-hybridized carbons (Fsp3) is 0.476. The van der Waals surface area contributed by atoms with Gasteiger partial charge in [0.05, 0.1) is 6.10 Å². The molecule has 35 heavy (non-hydrogen) atoms. The average Bonchev–Trinajstić information content (AvgIpc) is 2.79. The standard InChI is InChI=1S/C21H30N4O9S/c1-10(26)17(22)20(32)25-15(9-35)19(31)24-14(8-11-2-4-12(27)5-3-11)18(30)23-13(21(33)34)6-7-16(28)29/h2-5,10,13-15,17,26-27,35H,6-9,22H2,1H3,(H,23,30)(H,24,31)(H,25,32)(H,28,29)(H,33,34). The number of aliphatic hydroxyl groups excluding tert-OH is 1. The number of hydrogen-bond acceptors (Lipinski definition) is 9. The number of benzene rings is 1. The highest BCUT2D eigenvalue weighted by atomic mass is 32.1. The van der Waals surface area contributed by atoms with Crippen molar-refractivity contribution in [3.05, 3.63) is 29.8 Å². The van der Waals surface area contributed by atoms with Crippen molar-refractivity contribution in [3.8, 4) is 5.75 Å². The van der Waals surface area contributed by atoms with E-state index in [4.69, 9.17) is 10.8 Å². The van der Waals surface area contributed by atoms with Gasteiger partial charge in [-0.15, -0.1) is 0 Å². The topological polar surface area (TPSA) is 228 Å². The van der Waals surface area contributed by atoms with E-state index in [1.165, 1.54) is 31.2 Å². The Morgan fingerprint density at radius 3 is 1.91 bits per heavy atom. The molecule has 0 aromatic heterocycles. The van der Waals surface area contributed by atoms with E-state index in [0.717, 1.165) is 0 Å². The highest BCUT2D eigenvalue weighted by Crippen LogP contribution is 2.12. The van der Waals surface area contributed by atoms with Gasteiger partial charge in [0.25, 0.3) is 0 Å². The molecule has 5 unspecified atom stereocenters. The first-order chi connectivity index (χ1) is 16.3. The summed E-state index contributed by atoms with van der Waals surface area (Å²) < 4.78 is 0. The molecule has 0 aliphatic heterocycles. The van der Waals surface area contributed by atoms with E-state index < -0.39 is 66.4 Å². The maximum absolute atomic E-state index is 12.9. The molecule has 0 fully saturated rings. The van der Waals surface area contributed by atoms with Crippen LogP contribution in [-0.2, 0) is 30.4 Å². The third-order valence-corrected chi connectivity index (χ3v) is 5.27. The number of phenolic OH excluding ortho intramolecular Hbond substituents is 1. The van der Waals surface area contributed by atoms with Crippen molar-refractivity contribution in [3.63, 3.8) is 0 Å². The third-order valence-electron chi connectivity index (χ3n) is 4.91. The zero-order valence-electron chi connectivity index (χ0n) is 18.9. The molecule has 14 heteroatoms. The Bertz CT molecular complexity index is 911. The summed E-state index contributed by atoms with van der Waals surface area (Å²) in [5.74, 6) is -5.49. The minimum Gasteiger partial charge on any atom is -0.508 e. The Morgan fingerprint density at radius 2 is 1.43 bits per heavy atom. The summed E-state index contributed by atoms with van der Waals surface area (Å²) in [4.78, 5) is 60.1. The molecule has 0 aliphatic rings. The van der Waals surface area contributed by atoms with Gasteiger partial charge in [-0.1, -0.05) is 12.1 Å². The zero-order chi connectivity index (χ0) is 26.7. The number of phenols is 1. The lowest BCUT2D eigenvalue weighted by Gasteiger charge is -2.25. The normalized spacial score (nSPS) is 15.1. The van der Waals surface area contributed by atoms with Gasteiger partial charge < -0.3 is 42.1 Å². The van der Waals surface area contributed by atoms with Crippen LogP contribution in [0.1, 0.15) is 25.3 Å². The van der Waals surface area contributed by atoms with Crippen LogP contribution >= 0.6 is 12.6 Å². The first-order valence-corrected chi connectivity index (χ1v) is 11.2. The van der Waals surface area contributed by atoms with Crippen LogP contribution in [0.25, 0.3) is 0 Å². The highest BCUT2D eigenvalue weighted by molar-refractivity contribution is 7.80. The van der Waals surface area contributed by atoms with Crippen LogP contribution in [0.15, 0.2) is 24.3 Å². The molecule has 13 nitrogen and oxygen atoms in total. The number of nitrogens with one attached hydrogen (secondary N) is 3. The van der Waals surface area contributed by atoms with Gasteiger partial charge in [-0.2, -0.15) is 12.6 Å². The van der Waals surface area contributed by atoms with Crippen molar-refractivity contribution in [1.82, 2.24) is 16.0 Å². The maximum atomic E-state index is 12.9. The fourth-order valence-corrected chi connectivity index (χ4v) is 3.09. The summed E-state index contributed by atoms with van der Waals surface area (Å²) in [5.41, 5.74) is 6.06. The molecule has 0 spiro atoms. The number of carboxylic acids is 2. The maximum Gasteiger partial charge on any atom is 0.326 e. The minimum atomic E-state index is -1.53. The van der Waals surface area contributed by atoms with Crippen LogP contribution in [0, 0.1) is 0 Å². The number of aromatic hydroxyl groups is 1. The summed E-state index contributed by atoms with van der Waals surface area (Å²) in [6.07, 6.45) is -2.21. The molecule has 0 saturated heterocycles. The smallest absolute Gasteiger partial charge is 0.326 e. The van der Waals surface area contributed by atoms with Gasteiger partial charge >= 0.3 is 11.9 Å². The predicted molar refractivity (Wildman–Crippen MR) is 126 cm³/mol. The van der Waals surface area contributed by atoms with E-state index in [0.29, 0.717) is 5.56 Å². The second-order valence-corrected chi connectivity index (χ2v) is 8.14. The van der Waals surface area contributed by atoms with E-state index in [1.807, 2.05) is 0 Å². The number of amides is 3. The summed E-state index contributed by atoms with van der Waals surface area (Å²) >= 11 is 4.02. The first kappa shape index (κ1) is 29.7. The number of aliphatic carboxylic acids is 2. The van der Waals surface area contributed by atoms with Gasteiger partial charge in [0.2, 0.25) is 17.7 Å². The third kappa shape index (κ3) is 10.2. The van der Waals surface area contributed by atoms with Gasteiger partial charge in [0.1, 0.15) is 29.9 Å². The zero-order valence-corrected chi connectivity index (χ0v) is 19.8. The number of thiol groups is 1. The van der Waals surface area contributed by atoms with Gasteiger partial charge in [0, 0.05) is 18.6 Å². The highest BCUT2D eigenvalue weighted by Gasteiger charge is 2.30. The molecule has 1 rings (SSSR count). The summed E-state index contributed by atoms with van der Waals surface area (Å²) in [6, 6.07) is 0.270. The minimum absolute atomic E-state index is 0.0364. The number of nitrogens with two attached hydrogens (primary N) is 1. The van der Waals surface area contributed by atoms with E-state index in [2.05, 4.69) is 28.6 Å². The molecule has 3 amide bonds. The molecular formula is C21H30N4O9S. The molecule has 0 radical (unpaired) electrons. The number of carboxylic acid groups (broad SMARTS) is 2. The van der Waals surface area contributed by atoms with Crippen LogP contribution in [0.4, 0.5) is 0 Å². The Labute approximate surface area is 206 Å². The predicted octanol–water partition coefficient (Wildman–Crippen LogP) is -2.02. The Kier molecular flexibility index (Phi) is 12.0. The molecule has 0 saturated carbocycles. The number of carbonyl (C=O) groups is 5. The Morgan fingerprint density at radius 1 is 0.914 bits per heavy atom. The largest absolute Gasteiger partial charge is 0.508 e. The van der Waals surface area contributed by atoms with Crippen molar-refractivity contribution < 1.29 is 44.4 Å². The van der Waals surface area contributed by atoms with Crippen molar-refractivity contribution in [1.29, 1.82) is 0 Å². The molecule has 0 aliphatic carbocycles. The molecule has 1 aromatic carbocycles. The SMILES string of the molecule is CC(O)C(N)C(=O)NC(CS)C(=O)NC(Cc1ccc(O)cc1)C(=O)NC(CCC(=O)O)C(=O)O. The molecule has 1 aromatic rings. The van der Waals surface area contributed by atoms with Crippen molar-refractivity contribution in [2.75, 3.05) is 5.75 Å². The number of rotatable bonds is 14. The van der Waals surface area contributed by atoms with E-state index >= 15 is 0 Å². The van der Waals surface area contributed by atoms with E-state index in [9.17, 15) is 39.3 Å². The fourth-order valence-electron chi connectivity index (χ4n) is 2.83. The number of aliphatic hydroxyl groups is 1. The van der Waals surface area contributed by atoms with Gasteiger partial charge in [0.15, 0.2) is 0 Å². The molecule has 0 bridgehead atoms. The summed E-state index contributed by atoms with van der Waals surface area (Å²) in [6.45, 7) is 1.29. The second kappa shape index (κ2) is 14.1. The summed E-state index contributed by atoms with van der Waals surface area (Å²) in [7, 11) is 0. The monoisotopic (exact) mass is 514 g/mol. The van der Waals surface area contributed by atoms with Crippen molar-refractivity contribution in [2.24, 2.45) is 5.73 Å². The first-order valence-electron chi connectivity index (χ1n) is 10.5. The number of carbonyl (C=O) groups excluding carboxylic acids is 3. The average molecular weight is 515 g/mol. The molecule has 5 atom stereocenters. The molecule has 194 valence electrons. The van der Waals surface area contributed by atoms with Crippen LogP contribution in [-0.4, -0.2) is 86.1 Å². The van der Waals surface area contributed by atoms with E-state index in [1.54, 1.807) is 0 Å². The second-order valence-electron chi connectivity index (χ2n) is 7.77. The lowest BCUT2D eigenvalue weighted by atomic mass is 10.0. The van der Waals surface area contributed by atoms with E-state index in [-0.39, 0.29) is 24.3 Å². The van der Waals surface area contributed by atoms with Gasteiger partial charge in [-0.3, -0.25) is 19.2 Å². The molecular weight excluding hydrogens is 484 g/mol. The van der Waals surface area contributed by atoms with Gasteiger partial charge in [-0.05, 0) is 31.0 Å². The number of hydrogen-bond donors (Lipinski definition) is 9. The van der Waals surface area contributed by atoms with Crippen LogP contribution in [0.3, 0.4) is 0 Å².